The molecule has 0 amide bonds. The number of hydrogen-bond donors (Lipinski definition) is 0. The molecule has 0 saturated heterocycles. The third-order valence-electron chi connectivity index (χ3n) is 2.92. The number of carbonyl (C=O) groups excluding carboxylic acids is 1. The lowest BCUT2D eigenvalue weighted by Gasteiger charge is -2.09. The minimum absolute atomic E-state index is 0.124. The molecule has 0 bridgehead atoms. The molecule has 0 fully saturated rings. The van der Waals surface area contributed by atoms with Crippen molar-refractivity contribution in [3.63, 3.8) is 0 Å². The van der Waals surface area contributed by atoms with Crippen LogP contribution < -0.4 is 0 Å². The Morgan fingerprint density at radius 3 is 2.83 bits per heavy atom. The minimum atomic E-state index is 0.124. The number of ketones is 1. The summed E-state index contributed by atoms with van der Waals surface area (Å²) in [5.74, 6) is 1.40. The highest BCUT2D eigenvalue weighted by Crippen LogP contribution is 2.13. The molecule has 0 saturated carbocycles. The number of Topliss-reactive ketones (excluding diaryl/α,β-unsaturated/α-hetero) is 1. The van der Waals surface area contributed by atoms with Crippen LogP contribution in [0.4, 0.5) is 0 Å². The molecule has 3 heteroatoms. The Bertz CT molecular complexity index is 555. The summed E-state index contributed by atoms with van der Waals surface area (Å²) in [6.07, 6.45) is 3.61. The topological polar surface area (TPSA) is 34.9 Å². The van der Waals surface area contributed by atoms with E-state index >= 15 is 0 Å². The van der Waals surface area contributed by atoms with E-state index in [0.29, 0.717) is 12.5 Å². The second kappa shape index (κ2) is 5.17. The summed E-state index contributed by atoms with van der Waals surface area (Å²) in [4.78, 5) is 16.5. The van der Waals surface area contributed by atoms with Crippen molar-refractivity contribution >= 4 is 5.78 Å². The van der Waals surface area contributed by atoms with Crippen molar-refractivity contribution in [2.24, 2.45) is 0 Å². The van der Waals surface area contributed by atoms with Crippen molar-refractivity contribution in [2.75, 3.05) is 0 Å². The zero-order valence-electron chi connectivity index (χ0n) is 11.1. The van der Waals surface area contributed by atoms with Gasteiger partial charge in [0.05, 0.1) is 6.54 Å². The van der Waals surface area contributed by atoms with E-state index in [1.807, 2.05) is 42.0 Å². The predicted molar refractivity (Wildman–Crippen MR) is 71.8 cm³/mol. The molecule has 0 aliphatic carbocycles. The lowest BCUT2D eigenvalue weighted by Crippen LogP contribution is -2.13. The van der Waals surface area contributed by atoms with Crippen LogP contribution in [0, 0.1) is 6.92 Å². The molecule has 3 nitrogen and oxygen atoms in total. The van der Waals surface area contributed by atoms with Crippen LogP contribution in [0.15, 0.2) is 36.7 Å². The first-order valence-electron chi connectivity index (χ1n) is 6.19. The van der Waals surface area contributed by atoms with Crippen molar-refractivity contribution in [3.05, 3.63) is 53.6 Å². The van der Waals surface area contributed by atoms with Gasteiger partial charge in [0.1, 0.15) is 5.82 Å². The fourth-order valence-electron chi connectivity index (χ4n) is 2.02. The minimum Gasteiger partial charge on any atom is -0.327 e. The third kappa shape index (κ3) is 2.67. The van der Waals surface area contributed by atoms with Gasteiger partial charge in [0, 0.05) is 23.9 Å². The van der Waals surface area contributed by atoms with Gasteiger partial charge in [-0.15, -0.1) is 0 Å². The molecule has 0 spiro atoms. The van der Waals surface area contributed by atoms with E-state index in [9.17, 15) is 4.79 Å². The van der Waals surface area contributed by atoms with Crippen molar-refractivity contribution in [1.29, 1.82) is 0 Å². The van der Waals surface area contributed by atoms with E-state index in [2.05, 4.69) is 18.8 Å². The van der Waals surface area contributed by atoms with Crippen LogP contribution in [0.2, 0.25) is 0 Å². The Morgan fingerprint density at radius 1 is 1.39 bits per heavy atom. The maximum atomic E-state index is 12.2. The van der Waals surface area contributed by atoms with Gasteiger partial charge in [0.15, 0.2) is 5.78 Å². The average Bonchev–Trinajstić information content (AvgIpc) is 2.77. The molecule has 1 heterocycles. The first-order valence-corrected chi connectivity index (χ1v) is 6.19. The molecule has 0 aliphatic heterocycles. The van der Waals surface area contributed by atoms with Gasteiger partial charge in [-0.1, -0.05) is 37.6 Å². The highest BCUT2D eigenvalue weighted by atomic mass is 16.1. The van der Waals surface area contributed by atoms with E-state index in [-0.39, 0.29) is 5.78 Å². The molecule has 2 aromatic rings. The summed E-state index contributed by atoms with van der Waals surface area (Å²) < 4.78 is 1.93. The third-order valence-corrected chi connectivity index (χ3v) is 2.92. The molecule has 2 rings (SSSR count). The first-order chi connectivity index (χ1) is 8.58. The number of rotatable bonds is 4. The highest BCUT2D eigenvalue weighted by molar-refractivity contribution is 5.96. The Labute approximate surface area is 107 Å². The lowest BCUT2D eigenvalue weighted by molar-refractivity contribution is 0.0970. The Balaban J connectivity index is 2.19. The summed E-state index contributed by atoms with van der Waals surface area (Å²) in [5, 5.41) is 0. The summed E-state index contributed by atoms with van der Waals surface area (Å²) in [5.41, 5.74) is 1.87. The molecule has 1 aromatic carbocycles. The summed E-state index contributed by atoms with van der Waals surface area (Å²) in [6, 6.07) is 7.70. The Kier molecular flexibility index (Phi) is 3.60. The van der Waals surface area contributed by atoms with E-state index < -0.39 is 0 Å². The van der Waals surface area contributed by atoms with Crippen molar-refractivity contribution < 1.29 is 4.79 Å². The van der Waals surface area contributed by atoms with Crippen LogP contribution in [0.25, 0.3) is 0 Å². The molecule has 18 heavy (non-hydrogen) atoms. The van der Waals surface area contributed by atoms with Crippen LogP contribution in [0.1, 0.15) is 41.5 Å². The van der Waals surface area contributed by atoms with Crippen molar-refractivity contribution in [1.82, 2.24) is 9.55 Å². The van der Waals surface area contributed by atoms with Gasteiger partial charge < -0.3 is 4.57 Å². The predicted octanol–water partition coefficient (Wildman–Crippen LogP) is 3.20. The molecule has 0 atom stereocenters. The standard InChI is InChI=1S/C15H18N2O/c1-11(2)15-16-7-8-17(15)10-14(18)13-6-4-5-12(3)9-13/h4-9,11H,10H2,1-3H3. The normalized spacial score (nSPS) is 10.9. The molecule has 0 unspecified atom stereocenters. The van der Waals surface area contributed by atoms with Crippen LogP contribution in [-0.2, 0) is 6.54 Å². The van der Waals surface area contributed by atoms with Gasteiger partial charge >= 0.3 is 0 Å². The van der Waals surface area contributed by atoms with Crippen LogP contribution >= 0.6 is 0 Å². The quantitative estimate of drug-likeness (QED) is 0.772. The second-order valence-electron chi connectivity index (χ2n) is 4.86. The molecular formula is C15H18N2O. The molecule has 94 valence electrons. The largest absolute Gasteiger partial charge is 0.327 e. The van der Waals surface area contributed by atoms with Gasteiger partial charge in [-0.05, 0) is 13.0 Å². The fourth-order valence-corrected chi connectivity index (χ4v) is 2.02. The number of hydrogen-bond acceptors (Lipinski definition) is 2. The Morgan fingerprint density at radius 2 is 2.17 bits per heavy atom. The number of aromatic nitrogens is 2. The van der Waals surface area contributed by atoms with Crippen LogP contribution in [0.5, 0.6) is 0 Å². The Hall–Kier alpha value is -1.90. The summed E-state index contributed by atoms with van der Waals surface area (Å²) >= 11 is 0. The number of carbonyl (C=O) groups is 1. The zero-order chi connectivity index (χ0) is 13.1. The fraction of sp³-hybridized carbons (Fsp3) is 0.333. The van der Waals surface area contributed by atoms with Gasteiger partial charge in [-0.3, -0.25) is 4.79 Å². The lowest BCUT2D eigenvalue weighted by atomic mass is 10.1. The number of aryl methyl sites for hydroxylation is 1. The van der Waals surface area contributed by atoms with Gasteiger partial charge in [-0.2, -0.15) is 0 Å². The number of benzene rings is 1. The molecular weight excluding hydrogens is 224 g/mol. The number of imidazole rings is 1. The van der Waals surface area contributed by atoms with E-state index in [1.165, 1.54) is 0 Å². The maximum Gasteiger partial charge on any atom is 0.182 e. The molecule has 0 N–H and O–H groups in total. The summed E-state index contributed by atoms with van der Waals surface area (Å²) in [6.45, 7) is 6.51. The monoisotopic (exact) mass is 242 g/mol. The van der Waals surface area contributed by atoms with Crippen LogP contribution in [-0.4, -0.2) is 15.3 Å². The van der Waals surface area contributed by atoms with Crippen molar-refractivity contribution in [2.45, 2.75) is 33.2 Å². The van der Waals surface area contributed by atoms with E-state index in [0.717, 1.165) is 17.0 Å². The van der Waals surface area contributed by atoms with Gasteiger partial charge in [0.2, 0.25) is 0 Å². The smallest absolute Gasteiger partial charge is 0.182 e. The van der Waals surface area contributed by atoms with E-state index in [1.54, 1.807) is 6.20 Å². The van der Waals surface area contributed by atoms with E-state index in [4.69, 9.17) is 0 Å². The van der Waals surface area contributed by atoms with Crippen LogP contribution in [0.3, 0.4) is 0 Å². The van der Waals surface area contributed by atoms with Gasteiger partial charge in [-0.25, -0.2) is 4.98 Å². The van der Waals surface area contributed by atoms with Crippen molar-refractivity contribution in [3.8, 4) is 0 Å². The summed E-state index contributed by atoms with van der Waals surface area (Å²) in [7, 11) is 0. The first kappa shape index (κ1) is 12.6. The molecule has 0 radical (unpaired) electrons. The zero-order valence-corrected chi connectivity index (χ0v) is 11.1. The SMILES string of the molecule is Cc1cccc(C(=O)Cn2ccnc2C(C)C)c1. The molecule has 1 aromatic heterocycles. The maximum absolute atomic E-state index is 12.2. The number of nitrogens with zero attached hydrogens (tertiary/aromatic N) is 2. The average molecular weight is 242 g/mol. The second-order valence-corrected chi connectivity index (χ2v) is 4.86. The molecule has 0 aliphatic rings. The van der Waals surface area contributed by atoms with Gasteiger partial charge in [0.25, 0.3) is 0 Å². The highest BCUT2D eigenvalue weighted by Gasteiger charge is 2.11.